The van der Waals surface area contributed by atoms with Crippen molar-refractivity contribution < 1.29 is 17.6 Å². The van der Waals surface area contributed by atoms with Crippen molar-refractivity contribution >= 4 is 50.5 Å². The van der Waals surface area contributed by atoms with E-state index in [0.29, 0.717) is 16.4 Å². The van der Waals surface area contributed by atoms with Gasteiger partial charge in [-0.25, -0.2) is 12.8 Å². The molecule has 1 N–H and O–H groups in total. The van der Waals surface area contributed by atoms with Gasteiger partial charge in [0, 0.05) is 17.8 Å². The minimum absolute atomic E-state index is 0.0230. The van der Waals surface area contributed by atoms with Crippen LogP contribution in [0.2, 0.25) is 10.0 Å². The Bertz CT molecular complexity index is 1190. The maximum Gasteiger partial charge on any atom is 0.267 e. The molecule has 0 spiro atoms. The van der Waals surface area contributed by atoms with Crippen molar-refractivity contribution in [2.45, 2.75) is 11.8 Å². The minimum atomic E-state index is -4.24. The van der Waals surface area contributed by atoms with Gasteiger partial charge in [0.2, 0.25) is 0 Å². The number of nitrogens with zero attached hydrogens (tertiary/aromatic N) is 1. The van der Waals surface area contributed by atoms with E-state index in [2.05, 4.69) is 5.32 Å². The Morgan fingerprint density at radius 1 is 1.00 bits per heavy atom. The van der Waals surface area contributed by atoms with Crippen LogP contribution in [-0.4, -0.2) is 20.9 Å². The molecule has 0 aliphatic carbocycles. The first-order valence-electron chi connectivity index (χ1n) is 8.87. The number of sulfonamides is 1. The van der Waals surface area contributed by atoms with Crippen molar-refractivity contribution in [3.8, 4) is 0 Å². The third kappa shape index (κ3) is 4.59. The van der Waals surface area contributed by atoms with E-state index < -0.39 is 26.6 Å². The van der Waals surface area contributed by atoms with Crippen LogP contribution < -0.4 is 9.62 Å². The summed E-state index contributed by atoms with van der Waals surface area (Å²) in [6, 6.07) is 16.0. The quantitative estimate of drug-likeness (QED) is 0.513. The molecule has 0 radical (unpaired) electrons. The van der Waals surface area contributed by atoms with Crippen molar-refractivity contribution in [3.63, 3.8) is 0 Å². The zero-order valence-electron chi connectivity index (χ0n) is 15.8. The number of halogens is 3. The third-order valence-electron chi connectivity index (χ3n) is 4.27. The second-order valence-corrected chi connectivity index (χ2v) is 8.88. The Morgan fingerprint density at radius 2 is 1.70 bits per heavy atom. The van der Waals surface area contributed by atoms with Crippen LogP contribution in [0.4, 0.5) is 15.8 Å². The molecule has 0 aliphatic heterocycles. The van der Waals surface area contributed by atoms with Gasteiger partial charge in [0.25, 0.3) is 15.9 Å². The molecular weight excluding hydrogens is 450 g/mol. The highest BCUT2D eigenvalue weighted by atomic mass is 35.5. The fourth-order valence-corrected chi connectivity index (χ4v) is 4.69. The Kier molecular flexibility index (Phi) is 6.65. The van der Waals surface area contributed by atoms with Crippen molar-refractivity contribution in [3.05, 3.63) is 88.2 Å². The molecule has 0 atom stereocenters. The summed E-state index contributed by atoms with van der Waals surface area (Å²) in [6.07, 6.45) is 0. The number of anilines is 2. The van der Waals surface area contributed by atoms with Crippen LogP contribution in [0.25, 0.3) is 0 Å². The van der Waals surface area contributed by atoms with Gasteiger partial charge in [-0.3, -0.25) is 9.10 Å². The van der Waals surface area contributed by atoms with Crippen LogP contribution >= 0.6 is 23.2 Å². The zero-order valence-corrected chi connectivity index (χ0v) is 18.1. The predicted octanol–water partition coefficient (Wildman–Crippen LogP) is 5.60. The van der Waals surface area contributed by atoms with Gasteiger partial charge >= 0.3 is 0 Å². The fraction of sp³-hybridized carbons (Fsp3) is 0.0952. The van der Waals surface area contributed by atoms with Gasteiger partial charge in [-0.1, -0.05) is 41.4 Å². The number of hydrogen-bond donors (Lipinski definition) is 1. The molecule has 1 amide bonds. The largest absolute Gasteiger partial charge is 0.322 e. The molecule has 3 aromatic carbocycles. The van der Waals surface area contributed by atoms with Crippen molar-refractivity contribution in [2.24, 2.45) is 0 Å². The molecular formula is C21H17Cl2FN2O3S. The first-order valence-corrected chi connectivity index (χ1v) is 11.1. The first kappa shape index (κ1) is 22.1. The highest BCUT2D eigenvalue weighted by Crippen LogP contribution is 2.27. The van der Waals surface area contributed by atoms with Crippen molar-refractivity contribution in [1.29, 1.82) is 0 Å². The molecule has 0 saturated carbocycles. The van der Waals surface area contributed by atoms with Gasteiger partial charge in [0.1, 0.15) is 10.7 Å². The van der Waals surface area contributed by atoms with E-state index in [1.54, 1.807) is 43.3 Å². The van der Waals surface area contributed by atoms with E-state index in [4.69, 9.17) is 23.2 Å². The van der Waals surface area contributed by atoms with Crippen molar-refractivity contribution in [2.75, 3.05) is 16.2 Å². The lowest BCUT2D eigenvalue weighted by atomic mass is 10.2. The van der Waals surface area contributed by atoms with E-state index in [-0.39, 0.29) is 17.1 Å². The van der Waals surface area contributed by atoms with E-state index in [1.165, 1.54) is 18.2 Å². The van der Waals surface area contributed by atoms with Crippen LogP contribution in [-0.2, 0) is 10.0 Å². The molecule has 30 heavy (non-hydrogen) atoms. The molecule has 0 aliphatic rings. The maximum atomic E-state index is 14.5. The number of para-hydroxylation sites is 1. The average Bonchev–Trinajstić information content (AvgIpc) is 2.72. The third-order valence-corrected chi connectivity index (χ3v) is 6.93. The van der Waals surface area contributed by atoms with E-state index in [9.17, 15) is 17.6 Å². The second-order valence-electron chi connectivity index (χ2n) is 6.23. The molecule has 3 rings (SSSR count). The number of rotatable bonds is 6. The van der Waals surface area contributed by atoms with Gasteiger partial charge < -0.3 is 5.32 Å². The zero-order chi connectivity index (χ0) is 21.9. The van der Waals surface area contributed by atoms with Crippen LogP contribution in [0, 0.1) is 5.82 Å². The van der Waals surface area contributed by atoms with E-state index >= 15 is 0 Å². The van der Waals surface area contributed by atoms with Gasteiger partial charge in [0.05, 0.1) is 15.7 Å². The standard InChI is InChI=1S/C21H17Cl2FN2O3S/c1-2-26(16-6-4-3-5-7-16)30(28,29)20-12-14(8-11-19(20)24)21(27)25-15-9-10-17(22)18(23)13-15/h3-13H,2H2,1H3,(H,25,27). The van der Waals surface area contributed by atoms with Crippen LogP contribution in [0.5, 0.6) is 0 Å². The summed E-state index contributed by atoms with van der Waals surface area (Å²) in [5.74, 6) is -1.57. The average molecular weight is 467 g/mol. The molecule has 0 aromatic heterocycles. The molecule has 0 unspecified atom stereocenters. The van der Waals surface area contributed by atoms with Crippen LogP contribution in [0.15, 0.2) is 71.6 Å². The molecule has 3 aromatic rings. The smallest absolute Gasteiger partial charge is 0.267 e. The topological polar surface area (TPSA) is 66.5 Å². The molecule has 0 fully saturated rings. The van der Waals surface area contributed by atoms with Gasteiger partial charge in [-0.2, -0.15) is 0 Å². The summed E-state index contributed by atoms with van der Waals surface area (Å²) in [5.41, 5.74) is 0.734. The second kappa shape index (κ2) is 9.04. The lowest BCUT2D eigenvalue weighted by Crippen LogP contribution is -2.31. The number of amides is 1. The molecule has 5 nitrogen and oxygen atoms in total. The SMILES string of the molecule is CCN(c1ccccc1)S(=O)(=O)c1cc(C(=O)Nc2ccc(Cl)c(Cl)c2)ccc1F. The van der Waals surface area contributed by atoms with Gasteiger partial charge in [-0.15, -0.1) is 0 Å². The van der Waals surface area contributed by atoms with Crippen LogP contribution in [0.1, 0.15) is 17.3 Å². The highest BCUT2D eigenvalue weighted by Gasteiger charge is 2.28. The Balaban J connectivity index is 1.96. The van der Waals surface area contributed by atoms with Gasteiger partial charge in [0.15, 0.2) is 0 Å². The number of carbonyl (C=O) groups is 1. The monoisotopic (exact) mass is 466 g/mol. The molecule has 0 bridgehead atoms. The number of nitrogens with one attached hydrogen (secondary N) is 1. The van der Waals surface area contributed by atoms with Gasteiger partial charge in [-0.05, 0) is 55.5 Å². The molecule has 9 heteroatoms. The highest BCUT2D eigenvalue weighted by molar-refractivity contribution is 7.92. The lowest BCUT2D eigenvalue weighted by Gasteiger charge is -2.23. The summed E-state index contributed by atoms with van der Waals surface area (Å²) in [5, 5.41) is 3.16. The Labute approximate surface area is 184 Å². The summed E-state index contributed by atoms with van der Waals surface area (Å²) in [7, 11) is -4.24. The summed E-state index contributed by atoms with van der Waals surface area (Å²) in [4.78, 5) is 12.0. The van der Waals surface area contributed by atoms with E-state index in [1.807, 2.05) is 0 Å². The molecule has 0 heterocycles. The van der Waals surface area contributed by atoms with Crippen molar-refractivity contribution in [1.82, 2.24) is 0 Å². The summed E-state index contributed by atoms with van der Waals surface area (Å²) in [6.45, 7) is 1.73. The predicted molar refractivity (Wildman–Crippen MR) is 117 cm³/mol. The maximum absolute atomic E-state index is 14.5. The number of benzene rings is 3. The summed E-state index contributed by atoms with van der Waals surface area (Å²) >= 11 is 11.8. The lowest BCUT2D eigenvalue weighted by molar-refractivity contribution is 0.102. The molecule has 0 saturated heterocycles. The van der Waals surface area contributed by atoms with Crippen LogP contribution in [0.3, 0.4) is 0 Å². The fourth-order valence-electron chi connectivity index (χ4n) is 2.82. The number of hydrogen-bond acceptors (Lipinski definition) is 3. The Morgan fingerprint density at radius 3 is 2.33 bits per heavy atom. The molecule has 156 valence electrons. The normalized spacial score (nSPS) is 11.2. The Hall–Kier alpha value is -2.61. The minimum Gasteiger partial charge on any atom is -0.322 e. The number of carbonyl (C=O) groups excluding carboxylic acids is 1. The van der Waals surface area contributed by atoms with E-state index in [0.717, 1.165) is 16.4 Å². The first-order chi connectivity index (χ1) is 14.2. The summed E-state index contributed by atoms with van der Waals surface area (Å²) < 4.78 is 41.8.